The van der Waals surface area contributed by atoms with Gasteiger partial charge in [0.1, 0.15) is 0 Å². The van der Waals surface area contributed by atoms with Crippen LogP contribution in [0.1, 0.15) is 31.6 Å². The maximum atomic E-state index is 4.35. The first-order chi connectivity index (χ1) is 7.33. The van der Waals surface area contributed by atoms with Gasteiger partial charge in [0.15, 0.2) is 5.13 Å². The van der Waals surface area contributed by atoms with Crippen molar-refractivity contribution in [3.05, 3.63) is 11.1 Å². The summed E-state index contributed by atoms with van der Waals surface area (Å²) in [5, 5.41) is 4.31. The van der Waals surface area contributed by atoms with Crippen molar-refractivity contribution in [2.45, 2.75) is 39.3 Å². The van der Waals surface area contributed by atoms with Crippen LogP contribution in [0.3, 0.4) is 0 Å². The number of rotatable bonds is 6. The Kier molecular flexibility index (Phi) is 3.59. The number of anilines is 1. The van der Waals surface area contributed by atoms with E-state index in [0.717, 1.165) is 30.8 Å². The van der Waals surface area contributed by atoms with Gasteiger partial charge in [-0.1, -0.05) is 6.92 Å². The summed E-state index contributed by atoms with van der Waals surface area (Å²) in [7, 11) is 0. The van der Waals surface area contributed by atoms with Crippen LogP contribution in [0, 0.1) is 0 Å². The van der Waals surface area contributed by atoms with Crippen LogP contribution in [0.5, 0.6) is 0 Å². The third-order valence-electron chi connectivity index (χ3n) is 2.71. The molecule has 0 saturated heterocycles. The summed E-state index contributed by atoms with van der Waals surface area (Å²) in [6, 6.07) is 0.847. The summed E-state index contributed by atoms with van der Waals surface area (Å²) >= 11 is 1.78. The molecule has 84 valence electrons. The molecule has 1 aliphatic rings. The molecule has 0 amide bonds. The first-order valence-electron chi connectivity index (χ1n) is 5.76. The number of hydrogen-bond donors (Lipinski definition) is 1. The van der Waals surface area contributed by atoms with Gasteiger partial charge >= 0.3 is 0 Å². The molecular formula is C11H19N3S. The van der Waals surface area contributed by atoms with E-state index in [1.165, 1.54) is 17.7 Å². The smallest absolute Gasteiger partial charge is 0.182 e. The number of hydrogen-bond acceptors (Lipinski definition) is 4. The monoisotopic (exact) mass is 225 g/mol. The lowest BCUT2D eigenvalue weighted by Gasteiger charge is -2.17. The summed E-state index contributed by atoms with van der Waals surface area (Å²) < 4.78 is 0. The molecule has 0 aliphatic heterocycles. The van der Waals surface area contributed by atoms with Gasteiger partial charge in [0.05, 0.1) is 0 Å². The summed E-state index contributed by atoms with van der Waals surface area (Å²) in [6.45, 7) is 7.52. The Morgan fingerprint density at radius 1 is 1.53 bits per heavy atom. The van der Waals surface area contributed by atoms with Crippen molar-refractivity contribution in [1.29, 1.82) is 0 Å². The molecule has 3 nitrogen and oxygen atoms in total. The molecular weight excluding hydrogens is 206 g/mol. The highest BCUT2D eigenvalue weighted by atomic mass is 32.1. The molecule has 1 aromatic heterocycles. The fraction of sp³-hybridized carbons (Fsp3) is 0.727. The van der Waals surface area contributed by atoms with Crippen molar-refractivity contribution in [1.82, 2.24) is 9.88 Å². The largest absolute Gasteiger partial charge is 0.362 e. The van der Waals surface area contributed by atoms with E-state index in [2.05, 4.69) is 29.0 Å². The van der Waals surface area contributed by atoms with Crippen LogP contribution in [0.25, 0.3) is 0 Å². The SMILES string of the molecule is CCNc1ncc(CN(CC)C2CC2)s1. The second-order valence-electron chi connectivity index (χ2n) is 3.96. The molecule has 1 fully saturated rings. The average Bonchev–Trinajstić information content (AvgIpc) is 2.98. The number of nitrogens with zero attached hydrogens (tertiary/aromatic N) is 2. The minimum absolute atomic E-state index is 0.847. The number of nitrogens with one attached hydrogen (secondary N) is 1. The van der Waals surface area contributed by atoms with Crippen molar-refractivity contribution >= 4 is 16.5 Å². The van der Waals surface area contributed by atoms with Crippen LogP contribution >= 0.6 is 11.3 Å². The van der Waals surface area contributed by atoms with Gasteiger partial charge in [0.25, 0.3) is 0 Å². The molecule has 1 N–H and O–H groups in total. The van der Waals surface area contributed by atoms with E-state index in [-0.39, 0.29) is 0 Å². The van der Waals surface area contributed by atoms with Crippen molar-refractivity contribution in [3.63, 3.8) is 0 Å². The molecule has 1 saturated carbocycles. The zero-order valence-electron chi connectivity index (χ0n) is 9.49. The third-order valence-corrected chi connectivity index (χ3v) is 3.65. The molecule has 1 heterocycles. The van der Waals surface area contributed by atoms with E-state index >= 15 is 0 Å². The van der Waals surface area contributed by atoms with Crippen molar-refractivity contribution < 1.29 is 0 Å². The van der Waals surface area contributed by atoms with Crippen molar-refractivity contribution in [2.24, 2.45) is 0 Å². The van der Waals surface area contributed by atoms with Crippen molar-refractivity contribution in [3.8, 4) is 0 Å². The van der Waals surface area contributed by atoms with Crippen LogP contribution in [0.4, 0.5) is 5.13 Å². The standard InChI is InChI=1S/C11H19N3S/c1-3-12-11-13-7-10(15-11)8-14(4-2)9-5-6-9/h7,9H,3-6,8H2,1-2H3,(H,12,13). The first-order valence-corrected chi connectivity index (χ1v) is 6.57. The lowest BCUT2D eigenvalue weighted by Crippen LogP contribution is -2.24. The Morgan fingerprint density at radius 2 is 2.33 bits per heavy atom. The Hall–Kier alpha value is -0.610. The average molecular weight is 225 g/mol. The zero-order chi connectivity index (χ0) is 10.7. The van der Waals surface area contributed by atoms with Crippen LogP contribution in [-0.4, -0.2) is 29.0 Å². The van der Waals surface area contributed by atoms with Gasteiger partial charge in [-0.25, -0.2) is 4.98 Å². The highest BCUT2D eigenvalue weighted by molar-refractivity contribution is 7.15. The second-order valence-corrected chi connectivity index (χ2v) is 5.07. The second kappa shape index (κ2) is 4.94. The summed E-state index contributed by atoms with van der Waals surface area (Å²) in [4.78, 5) is 8.27. The van der Waals surface area contributed by atoms with Gasteiger partial charge < -0.3 is 5.32 Å². The van der Waals surface area contributed by atoms with Gasteiger partial charge in [-0.05, 0) is 26.3 Å². The fourth-order valence-electron chi connectivity index (χ4n) is 1.75. The van der Waals surface area contributed by atoms with E-state index in [4.69, 9.17) is 0 Å². The van der Waals surface area contributed by atoms with E-state index < -0.39 is 0 Å². The molecule has 0 atom stereocenters. The predicted octanol–water partition coefficient (Wildman–Crippen LogP) is 2.56. The molecule has 1 aromatic rings. The molecule has 15 heavy (non-hydrogen) atoms. The molecule has 1 aliphatic carbocycles. The van der Waals surface area contributed by atoms with Gasteiger partial charge in [-0.15, -0.1) is 11.3 Å². The van der Waals surface area contributed by atoms with E-state index in [1.54, 1.807) is 11.3 Å². The predicted molar refractivity (Wildman–Crippen MR) is 65.4 cm³/mol. The minimum atomic E-state index is 0.847. The van der Waals surface area contributed by atoms with Crippen LogP contribution < -0.4 is 5.32 Å². The topological polar surface area (TPSA) is 28.2 Å². The third kappa shape index (κ3) is 2.92. The van der Waals surface area contributed by atoms with Gasteiger partial charge in [-0.2, -0.15) is 0 Å². The molecule has 0 radical (unpaired) electrons. The highest BCUT2D eigenvalue weighted by Gasteiger charge is 2.27. The molecule has 4 heteroatoms. The molecule has 2 rings (SSSR count). The quantitative estimate of drug-likeness (QED) is 0.806. The first kappa shape index (κ1) is 10.9. The van der Waals surface area contributed by atoms with E-state index in [1.807, 2.05) is 6.20 Å². The Bertz CT molecular complexity index is 307. The Balaban J connectivity index is 1.90. The van der Waals surface area contributed by atoms with Gasteiger partial charge in [-0.3, -0.25) is 4.90 Å². The van der Waals surface area contributed by atoms with E-state index in [0.29, 0.717) is 0 Å². The number of aromatic nitrogens is 1. The van der Waals surface area contributed by atoms with Gasteiger partial charge in [0.2, 0.25) is 0 Å². The molecule has 0 unspecified atom stereocenters. The van der Waals surface area contributed by atoms with Crippen LogP contribution in [-0.2, 0) is 6.54 Å². The summed E-state index contributed by atoms with van der Waals surface area (Å²) in [5.74, 6) is 0. The maximum Gasteiger partial charge on any atom is 0.182 e. The lowest BCUT2D eigenvalue weighted by molar-refractivity contribution is 0.271. The van der Waals surface area contributed by atoms with Gasteiger partial charge in [0, 0.05) is 30.2 Å². The summed E-state index contributed by atoms with van der Waals surface area (Å²) in [6.07, 6.45) is 4.77. The molecule has 0 bridgehead atoms. The maximum absolute atomic E-state index is 4.35. The normalized spacial score (nSPS) is 15.9. The number of thiazole rings is 1. The lowest BCUT2D eigenvalue weighted by atomic mass is 10.4. The molecule has 0 aromatic carbocycles. The Labute approximate surface area is 95.5 Å². The zero-order valence-corrected chi connectivity index (χ0v) is 10.3. The summed E-state index contributed by atoms with van der Waals surface area (Å²) in [5.41, 5.74) is 0. The van der Waals surface area contributed by atoms with Crippen LogP contribution in [0.15, 0.2) is 6.20 Å². The molecule has 0 spiro atoms. The fourth-order valence-corrected chi connectivity index (χ4v) is 2.66. The van der Waals surface area contributed by atoms with Crippen LogP contribution in [0.2, 0.25) is 0 Å². The highest BCUT2D eigenvalue weighted by Crippen LogP contribution is 2.29. The van der Waals surface area contributed by atoms with E-state index in [9.17, 15) is 0 Å². The van der Waals surface area contributed by atoms with Crippen molar-refractivity contribution in [2.75, 3.05) is 18.4 Å². The minimum Gasteiger partial charge on any atom is -0.362 e. The Morgan fingerprint density at radius 3 is 2.93 bits per heavy atom.